The van der Waals surface area contributed by atoms with Gasteiger partial charge in [0, 0.05) is 24.6 Å². The Morgan fingerprint density at radius 3 is 2.42 bits per heavy atom. The summed E-state index contributed by atoms with van der Waals surface area (Å²) in [5.74, 6) is 0.648. The van der Waals surface area contributed by atoms with E-state index < -0.39 is 0 Å². The number of pyridine rings is 1. The summed E-state index contributed by atoms with van der Waals surface area (Å²) in [5, 5.41) is 0. The lowest BCUT2D eigenvalue weighted by molar-refractivity contribution is 0.413. The first-order chi connectivity index (χ1) is 15.2. The molecular weight excluding hydrogens is 387 g/mol. The zero-order valence-electron chi connectivity index (χ0n) is 17.3. The van der Waals surface area contributed by atoms with Gasteiger partial charge in [-0.25, -0.2) is 4.39 Å². The first kappa shape index (κ1) is 19.3. The van der Waals surface area contributed by atoms with E-state index in [1.807, 2.05) is 24.3 Å². The van der Waals surface area contributed by atoms with E-state index in [9.17, 15) is 4.39 Å². The second-order valence-electron chi connectivity index (χ2n) is 7.75. The van der Waals surface area contributed by atoms with Crippen LogP contribution in [0.3, 0.4) is 0 Å². The van der Waals surface area contributed by atoms with Gasteiger partial charge in [-0.2, -0.15) is 0 Å². The first-order valence-corrected chi connectivity index (χ1v) is 10.4. The Labute approximate surface area is 181 Å². The minimum atomic E-state index is -0.218. The summed E-state index contributed by atoms with van der Waals surface area (Å²) in [6.45, 7) is 0.806. The van der Waals surface area contributed by atoms with Crippen LogP contribution in [0.2, 0.25) is 0 Å². The van der Waals surface area contributed by atoms with Crippen LogP contribution in [0.15, 0.2) is 91.3 Å². The molecule has 1 aromatic heterocycles. The average Bonchev–Trinajstić information content (AvgIpc) is 2.83. The first-order valence-electron chi connectivity index (χ1n) is 10.4. The summed E-state index contributed by atoms with van der Waals surface area (Å²) in [6.07, 6.45) is 4.49. The molecule has 0 aliphatic carbocycles. The quantitative estimate of drug-likeness (QED) is 0.410. The number of methoxy groups -OCH3 is 1. The molecule has 3 aromatic carbocycles. The standard InChI is InChI=1S/C27H23FN2O/c1-31-25-9-10-26-22(17-25)13-16-30(24-4-2-3-23(28)18-24)27(26)21-7-5-19(6-8-21)20-11-14-29-15-12-20/h2-12,14-15,17-18,27H,13,16H2,1H3. The molecule has 154 valence electrons. The Balaban J connectivity index is 1.59. The summed E-state index contributed by atoms with van der Waals surface area (Å²) in [7, 11) is 1.69. The van der Waals surface area contributed by atoms with Gasteiger partial charge in [0.05, 0.1) is 13.2 Å². The molecule has 0 amide bonds. The fourth-order valence-electron chi connectivity index (χ4n) is 4.42. The molecular formula is C27H23FN2O. The van der Waals surface area contributed by atoms with Crippen LogP contribution in [-0.2, 0) is 6.42 Å². The Hall–Kier alpha value is -3.66. The number of fused-ring (bicyclic) bond motifs is 1. The van der Waals surface area contributed by atoms with Crippen LogP contribution in [-0.4, -0.2) is 18.6 Å². The predicted octanol–water partition coefficient (Wildman–Crippen LogP) is 6.05. The lowest BCUT2D eigenvalue weighted by atomic mass is 9.87. The van der Waals surface area contributed by atoms with Crippen molar-refractivity contribution in [1.29, 1.82) is 0 Å². The summed E-state index contributed by atoms with van der Waals surface area (Å²) in [5.41, 5.74) is 6.85. The van der Waals surface area contributed by atoms with Crippen molar-refractivity contribution in [2.24, 2.45) is 0 Å². The van der Waals surface area contributed by atoms with E-state index >= 15 is 0 Å². The van der Waals surface area contributed by atoms with E-state index in [1.165, 1.54) is 22.8 Å². The summed E-state index contributed by atoms with van der Waals surface area (Å²) >= 11 is 0. The van der Waals surface area contributed by atoms with Gasteiger partial charge in [-0.15, -0.1) is 0 Å². The van der Waals surface area contributed by atoms with Crippen molar-refractivity contribution >= 4 is 5.69 Å². The van der Waals surface area contributed by atoms with Crippen molar-refractivity contribution in [3.05, 3.63) is 114 Å². The number of halogens is 1. The van der Waals surface area contributed by atoms with Crippen LogP contribution in [0.25, 0.3) is 11.1 Å². The van der Waals surface area contributed by atoms with E-state index in [2.05, 4.69) is 46.3 Å². The molecule has 0 N–H and O–H groups in total. The lowest BCUT2D eigenvalue weighted by Gasteiger charge is -2.39. The molecule has 4 aromatic rings. The fraction of sp³-hybridized carbons (Fsp3) is 0.148. The predicted molar refractivity (Wildman–Crippen MR) is 122 cm³/mol. The highest BCUT2D eigenvalue weighted by Crippen LogP contribution is 2.40. The largest absolute Gasteiger partial charge is 0.497 e. The second kappa shape index (κ2) is 8.23. The van der Waals surface area contributed by atoms with E-state index in [0.29, 0.717) is 0 Å². The normalized spacial score (nSPS) is 15.4. The van der Waals surface area contributed by atoms with Crippen LogP contribution < -0.4 is 9.64 Å². The third kappa shape index (κ3) is 3.77. The summed E-state index contributed by atoms with van der Waals surface area (Å²) in [6, 6.07) is 25.8. The maximum atomic E-state index is 14.0. The van der Waals surface area contributed by atoms with E-state index in [0.717, 1.165) is 35.5 Å². The van der Waals surface area contributed by atoms with Gasteiger partial charge in [0.2, 0.25) is 0 Å². The smallest absolute Gasteiger partial charge is 0.125 e. The van der Waals surface area contributed by atoms with E-state index in [1.54, 1.807) is 31.6 Å². The highest BCUT2D eigenvalue weighted by Gasteiger charge is 2.29. The Kier molecular flexibility index (Phi) is 5.13. The van der Waals surface area contributed by atoms with Crippen molar-refractivity contribution in [3.8, 4) is 16.9 Å². The van der Waals surface area contributed by atoms with Crippen LogP contribution in [0, 0.1) is 5.82 Å². The van der Waals surface area contributed by atoms with Crippen LogP contribution in [0.1, 0.15) is 22.7 Å². The van der Waals surface area contributed by atoms with Gasteiger partial charge in [0.25, 0.3) is 0 Å². The third-order valence-corrected chi connectivity index (χ3v) is 5.96. The molecule has 0 bridgehead atoms. The molecule has 0 saturated carbocycles. The average molecular weight is 410 g/mol. The Morgan fingerprint density at radius 1 is 0.903 bits per heavy atom. The molecule has 3 nitrogen and oxygen atoms in total. The van der Waals surface area contributed by atoms with Crippen molar-refractivity contribution in [3.63, 3.8) is 0 Å². The van der Waals surface area contributed by atoms with Gasteiger partial charge in [-0.05, 0) is 76.7 Å². The molecule has 1 atom stereocenters. The fourth-order valence-corrected chi connectivity index (χ4v) is 4.42. The van der Waals surface area contributed by atoms with Crippen LogP contribution >= 0.6 is 0 Å². The number of benzene rings is 3. The molecule has 1 aliphatic rings. The number of ether oxygens (including phenoxy) is 1. The van der Waals surface area contributed by atoms with Crippen molar-refractivity contribution in [2.45, 2.75) is 12.5 Å². The van der Waals surface area contributed by atoms with Gasteiger partial charge in [-0.1, -0.05) is 36.4 Å². The van der Waals surface area contributed by atoms with Gasteiger partial charge in [-0.3, -0.25) is 4.98 Å². The molecule has 1 aliphatic heterocycles. The number of hydrogen-bond acceptors (Lipinski definition) is 3. The summed E-state index contributed by atoms with van der Waals surface area (Å²) < 4.78 is 19.5. The molecule has 1 unspecified atom stereocenters. The number of anilines is 1. The SMILES string of the molecule is COc1ccc2c(c1)CCN(c1cccc(F)c1)C2c1ccc(-c2ccncc2)cc1. The van der Waals surface area contributed by atoms with Gasteiger partial charge in [0.1, 0.15) is 11.6 Å². The second-order valence-corrected chi connectivity index (χ2v) is 7.75. The topological polar surface area (TPSA) is 25.4 Å². The van der Waals surface area contributed by atoms with E-state index in [-0.39, 0.29) is 11.9 Å². The van der Waals surface area contributed by atoms with Crippen LogP contribution in [0.5, 0.6) is 5.75 Å². The van der Waals surface area contributed by atoms with Crippen molar-refractivity contribution < 1.29 is 9.13 Å². The highest BCUT2D eigenvalue weighted by atomic mass is 19.1. The molecule has 31 heavy (non-hydrogen) atoms. The zero-order chi connectivity index (χ0) is 21.2. The molecule has 2 heterocycles. The number of rotatable bonds is 4. The van der Waals surface area contributed by atoms with Gasteiger partial charge in [0.15, 0.2) is 0 Å². The van der Waals surface area contributed by atoms with Crippen molar-refractivity contribution in [2.75, 3.05) is 18.6 Å². The maximum absolute atomic E-state index is 14.0. The highest BCUT2D eigenvalue weighted by molar-refractivity contribution is 5.64. The molecule has 0 fully saturated rings. The Morgan fingerprint density at radius 2 is 1.68 bits per heavy atom. The Bertz CT molecular complexity index is 1190. The van der Waals surface area contributed by atoms with Crippen LogP contribution in [0.4, 0.5) is 10.1 Å². The monoisotopic (exact) mass is 410 g/mol. The van der Waals surface area contributed by atoms with E-state index in [4.69, 9.17) is 4.74 Å². The molecule has 0 radical (unpaired) electrons. The van der Waals surface area contributed by atoms with Gasteiger partial charge < -0.3 is 9.64 Å². The van der Waals surface area contributed by atoms with Crippen molar-refractivity contribution in [1.82, 2.24) is 4.98 Å². The lowest BCUT2D eigenvalue weighted by Crippen LogP contribution is -2.36. The summed E-state index contributed by atoms with van der Waals surface area (Å²) in [4.78, 5) is 6.40. The minimum absolute atomic E-state index is 0.00273. The minimum Gasteiger partial charge on any atom is -0.497 e. The third-order valence-electron chi connectivity index (χ3n) is 5.96. The zero-order valence-corrected chi connectivity index (χ0v) is 17.3. The molecule has 5 rings (SSSR count). The maximum Gasteiger partial charge on any atom is 0.125 e. The molecule has 0 saturated heterocycles. The van der Waals surface area contributed by atoms with Gasteiger partial charge >= 0.3 is 0 Å². The molecule has 4 heteroatoms. The number of hydrogen-bond donors (Lipinski definition) is 0. The number of nitrogens with zero attached hydrogens (tertiary/aromatic N) is 2. The number of aromatic nitrogens is 1. The molecule has 0 spiro atoms.